The second kappa shape index (κ2) is 11.1. The lowest BCUT2D eigenvalue weighted by Crippen LogP contribution is -2.32. The number of halogens is 2. The van der Waals surface area contributed by atoms with E-state index < -0.39 is 5.82 Å². The smallest absolute Gasteiger partial charge is 0.222 e. The fourth-order valence-electron chi connectivity index (χ4n) is 2.64. The maximum absolute atomic E-state index is 13.2. The summed E-state index contributed by atoms with van der Waals surface area (Å²) in [5.41, 5.74) is 0.743. The van der Waals surface area contributed by atoms with Gasteiger partial charge in [-0.1, -0.05) is 31.5 Å². The molecule has 1 rings (SSSR count). The maximum atomic E-state index is 13.2. The SMILES string of the molecule is CCCN(CCC)C(=O)CCCC(=O)NC(C)c1ccc(F)c(Cl)c1. The van der Waals surface area contributed by atoms with Gasteiger partial charge in [0.05, 0.1) is 11.1 Å². The van der Waals surface area contributed by atoms with Crippen LogP contribution in [0.2, 0.25) is 5.02 Å². The number of nitrogens with zero attached hydrogens (tertiary/aromatic N) is 1. The van der Waals surface area contributed by atoms with Gasteiger partial charge in [0.2, 0.25) is 11.8 Å². The van der Waals surface area contributed by atoms with Gasteiger partial charge in [-0.15, -0.1) is 0 Å². The van der Waals surface area contributed by atoms with E-state index >= 15 is 0 Å². The molecule has 0 heterocycles. The standard InChI is InChI=1S/C19H28ClFN2O2/c1-4-11-23(12-5-2)19(25)8-6-7-18(24)22-14(3)15-9-10-17(21)16(20)13-15/h9-10,13-14H,4-8,11-12H2,1-3H3,(H,22,24). The van der Waals surface area contributed by atoms with Crippen molar-refractivity contribution < 1.29 is 14.0 Å². The molecule has 0 saturated carbocycles. The van der Waals surface area contributed by atoms with E-state index in [0.29, 0.717) is 12.8 Å². The average molecular weight is 371 g/mol. The molecule has 1 aromatic rings. The van der Waals surface area contributed by atoms with Crippen LogP contribution in [0, 0.1) is 5.82 Å². The zero-order chi connectivity index (χ0) is 18.8. The molecule has 25 heavy (non-hydrogen) atoms. The van der Waals surface area contributed by atoms with Gasteiger partial charge >= 0.3 is 0 Å². The summed E-state index contributed by atoms with van der Waals surface area (Å²) in [6, 6.07) is 4.13. The van der Waals surface area contributed by atoms with Gasteiger partial charge in [0.15, 0.2) is 0 Å². The van der Waals surface area contributed by atoms with E-state index in [9.17, 15) is 14.0 Å². The summed E-state index contributed by atoms with van der Waals surface area (Å²) in [7, 11) is 0. The molecular weight excluding hydrogens is 343 g/mol. The monoisotopic (exact) mass is 370 g/mol. The summed E-state index contributed by atoms with van der Waals surface area (Å²) in [5.74, 6) is -0.501. The predicted molar refractivity (Wildman–Crippen MR) is 99.0 cm³/mol. The van der Waals surface area contributed by atoms with Crippen LogP contribution in [0.1, 0.15) is 64.5 Å². The first-order valence-corrected chi connectivity index (χ1v) is 9.28. The molecule has 1 unspecified atom stereocenters. The fraction of sp³-hybridized carbons (Fsp3) is 0.579. The number of carbonyl (C=O) groups is 2. The number of hydrogen-bond donors (Lipinski definition) is 1. The second-order valence-electron chi connectivity index (χ2n) is 6.20. The summed E-state index contributed by atoms with van der Waals surface area (Å²) >= 11 is 5.76. The predicted octanol–water partition coefficient (Wildman–Crippen LogP) is 4.48. The van der Waals surface area contributed by atoms with Gasteiger partial charge in [-0.2, -0.15) is 0 Å². The van der Waals surface area contributed by atoms with E-state index in [1.54, 1.807) is 6.07 Å². The zero-order valence-corrected chi connectivity index (χ0v) is 16.0. The van der Waals surface area contributed by atoms with Crippen molar-refractivity contribution in [2.75, 3.05) is 13.1 Å². The van der Waals surface area contributed by atoms with Gasteiger partial charge in [0.1, 0.15) is 5.82 Å². The van der Waals surface area contributed by atoms with E-state index in [1.807, 2.05) is 25.7 Å². The molecule has 1 aromatic carbocycles. The van der Waals surface area contributed by atoms with Crippen molar-refractivity contribution >= 4 is 23.4 Å². The summed E-state index contributed by atoms with van der Waals surface area (Å²) in [5, 5.41) is 2.89. The number of hydrogen-bond acceptors (Lipinski definition) is 2. The lowest BCUT2D eigenvalue weighted by Gasteiger charge is -2.21. The van der Waals surface area contributed by atoms with Gasteiger partial charge in [0.25, 0.3) is 0 Å². The van der Waals surface area contributed by atoms with E-state index in [4.69, 9.17) is 11.6 Å². The lowest BCUT2D eigenvalue weighted by atomic mass is 10.1. The summed E-state index contributed by atoms with van der Waals surface area (Å²) in [6.45, 7) is 7.44. The van der Waals surface area contributed by atoms with Gasteiger partial charge in [-0.25, -0.2) is 4.39 Å². The molecule has 0 aromatic heterocycles. The Morgan fingerprint density at radius 1 is 1.20 bits per heavy atom. The van der Waals surface area contributed by atoms with E-state index in [2.05, 4.69) is 5.32 Å². The highest BCUT2D eigenvalue weighted by Gasteiger charge is 2.14. The van der Waals surface area contributed by atoms with E-state index in [-0.39, 0.29) is 29.3 Å². The highest BCUT2D eigenvalue weighted by Crippen LogP contribution is 2.20. The van der Waals surface area contributed by atoms with Crippen LogP contribution in [-0.4, -0.2) is 29.8 Å². The van der Waals surface area contributed by atoms with Crippen LogP contribution >= 0.6 is 11.6 Å². The Hall–Kier alpha value is -1.62. The third-order valence-corrected chi connectivity index (χ3v) is 4.25. The Labute approximate surface area is 154 Å². The van der Waals surface area contributed by atoms with Crippen LogP contribution in [-0.2, 0) is 9.59 Å². The Bertz CT molecular complexity index is 575. The van der Waals surface area contributed by atoms with Crippen molar-refractivity contribution in [3.8, 4) is 0 Å². The minimum absolute atomic E-state index is 0.0381. The minimum Gasteiger partial charge on any atom is -0.350 e. The Morgan fingerprint density at radius 2 is 1.84 bits per heavy atom. The third-order valence-electron chi connectivity index (χ3n) is 3.96. The molecule has 0 radical (unpaired) electrons. The number of benzene rings is 1. The van der Waals surface area contributed by atoms with Crippen LogP contribution < -0.4 is 5.32 Å². The van der Waals surface area contributed by atoms with Crippen molar-refractivity contribution in [3.63, 3.8) is 0 Å². The molecule has 0 aliphatic carbocycles. The number of rotatable bonds is 10. The molecule has 1 atom stereocenters. The van der Waals surface area contributed by atoms with Crippen molar-refractivity contribution in [2.45, 2.75) is 58.9 Å². The molecule has 0 bridgehead atoms. The first-order chi connectivity index (χ1) is 11.9. The van der Waals surface area contributed by atoms with Crippen LogP contribution in [0.15, 0.2) is 18.2 Å². The minimum atomic E-state index is -0.480. The largest absolute Gasteiger partial charge is 0.350 e. The number of carbonyl (C=O) groups excluding carboxylic acids is 2. The maximum Gasteiger partial charge on any atom is 0.222 e. The Morgan fingerprint density at radius 3 is 2.40 bits per heavy atom. The highest BCUT2D eigenvalue weighted by molar-refractivity contribution is 6.30. The van der Waals surface area contributed by atoms with Crippen LogP contribution in [0.25, 0.3) is 0 Å². The molecule has 2 amide bonds. The van der Waals surface area contributed by atoms with E-state index in [0.717, 1.165) is 31.5 Å². The number of nitrogens with one attached hydrogen (secondary N) is 1. The number of amides is 2. The second-order valence-corrected chi connectivity index (χ2v) is 6.60. The summed E-state index contributed by atoms with van der Waals surface area (Å²) in [4.78, 5) is 26.1. The summed E-state index contributed by atoms with van der Waals surface area (Å²) in [6.07, 6.45) is 3.06. The van der Waals surface area contributed by atoms with Gasteiger partial charge in [0, 0.05) is 25.9 Å². The topological polar surface area (TPSA) is 49.4 Å². The first-order valence-electron chi connectivity index (χ1n) is 8.91. The molecule has 0 saturated heterocycles. The van der Waals surface area contributed by atoms with Crippen molar-refractivity contribution in [1.82, 2.24) is 10.2 Å². The average Bonchev–Trinajstić information content (AvgIpc) is 2.56. The molecule has 1 N–H and O–H groups in total. The van der Waals surface area contributed by atoms with Gasteiger partial charge in [-0.3, -0.25) is 9.59 Å². The third kappa shape index (κ3) is 7.43. The molecule has 140 valence electrons. The van der Waals surface area contributed by atoms with Crippen molar-refractivity contribution in [2.24, 2.45) is 0 Å². The first kappa shape index (κ1) is 21.4. The molecule has 0 fully saturated rings. The zero-order valence-electron chi connectivity index (χ0n) is 15.3. The summed E-state index contributed by atoms with van der Waals surface area (Å²) < 4.78 is 13.2. The van der Waals surface area contributed by atoms with Gasteiger partial charge < -0.3 is 10.2 Å². The van der Waals surface area contributed by atoms with Gasteiger partial charge in [-0.05, 0) is 43.9 Å². The molecule has 0 spiro atoms. The molecule has 0 aliphatic heterocycles. The Kier molecular flexibility index (Phi) is 9.50. The molecular formula is C19H28ClFN2O2. The quantitative estimate of drug-likeness (QED) is 0.660. The molecule has 0 aliphatic rings. The van der Waals surface area contributed by atoms with Crippen LogP contribution in [0.5, 0.6) is 0 Å². The van der Waals surface area contributed by atoms with Crippen molar-refractivity contribution in [1.29, 1.82) is 0 Å². The lowest BCUT2D eigenvalue weighted by molar-refractivity contribution is -0.131. The normalized spacial score (nSPS) is 11.9. The fourth-order valence-corrected chi connectivity index (χ4v) is 2.83. The van der Waals surface area contributed by atoms with Crippen LogP contribution in [0.4, 0.5) is 4.39 Å². The van der Waals surface area contributed by atoms with E-state index in [1.165, 1.54) is 12.1 Å². The molecule has 4 nitrogen and oxygen atoms in total. The highest BCUT2D eigenvalue weighted by atomic mass is 35.5. The molecule has 6 heteroatoms. The van der Waals surface area contributed by atoms with Crippen molar-refractivity contribution in [3.05, 3.63) is 34.6 Å². The Balaban J connectivity index is 2.41. The van der Waals surface area contributed by atoms with Crippen LogP contribution in [0.3, 0.4) is 0 Å².